The summed E-state index contributed by atoms with van der Waals surface area (Å²) in [7, 11) is 0. The first-order valence-corrected chi connectivity index (χ1v) is 10.7. The van der Waals surface area contributed by atoms with Gasteiger partial charge in [0.1, 0.15) is 6.61 Å². The van der Waals surface area contributed by atoms with E-state index in [9.17, 15) is 14.4 Å². The molecule has 3 rings (SSSR count). The SMILES string of the molecule is CCOC(=O)C1=C(COC(=O)c2ccccc2SCc2cscn2)NC(=O)NC1. The Morgan fingerprint density at radius 1 is 1.24 bits per heavy atom. The van der Waals surface area contributed by atoms with Crippen LogP contribution in [0.2, 0.25) is 0 Å². The van der Waals surface area contributed by atoms with Crippen molar-refractivity contribution < 1.29 is 23.9 Å². The highest BCUT2D eigenvalue weighted by atomic mass is 32.2. The van der Waals surface area contributed by atoms with E-state index < -0.39 is 18.0 Å². The van der Waals surface area contributed by atoms with Crippen LogP contribution in [0.1, 0.15) is 23.0 Å². The van der Waals surface area contributed by atoms with Crippen LogP contribution in [0.4, 0.5) is 4.79 Å². The van der Waals surface area contributed by atoms with Crippen LogP contribution in [0.5, 0.6) is 0 Å². The molecule has 0 saturated carbocycles. The summed E-state index contributed by atoms with van der Waals surface area (Å²) in [4.78, 5) is 41.3. The summed E-state index contributed by atoms with van der Waals surface area (Å²) in [6.45, 7) is 1.66. The Balaban J connectivity index is 1.69. The second kappa shape index (κ2) is 10.1. The highest BCUT2D eigenvalue weighted by Gasteiger charge is 2.25. The van der Waals surface area contributed by atoms with E-state index in [-0.39, 0.29) is 31.0 Å². The third-order valence-electron chi connectivity index (χ3n) is 3.89. The van der Waals surface area contributed by atoms with Gasteiger partial charge in [-0.2, -0.15) is 0 Å². The van der Waals surface area contributed by atoms with E-state index in [1.54, 1.807) is 24.6 Å². The van der Waals surface area contributed by atoms with E-state index in [2.05, 4.69) is 15.6 Å². The van der Waals surface area contributed by atoms with Gasteiger partial charge < -0.3 is 20.1 Å². The Kier molecular flexibility index (Phi) is 7.25. The van der Waals surface area contributed by atoms with Crippen LogP contribution in [0.15, 0.2) is 51.3 Å². The predicted molar refractivity (Wildman–Crippen MR) is 109 cm³/mol. The Labute approximate surface area is 175 Å². The molecule has 1 aromatic carbocycles. The van der Waals surface area contributed by atoms with E-state index in [0.717, 1.165) is 10.6 Å². The van der Waals surface area contributed by atoms with E-state index in [4.69, 9.17) is 9.47 Å². The monoisotopic (exact) mass is 433 g/mol. The predicted octanol–water partition coefficient (Wildman–Crippen LogP) is 2.72. The summed E-state index contributed by atoms with van der Waals surface area (Å²) in [5.41, 5.74) is 3.55. The lowest BCUT2D eigenvalue weighted by Crippen LogP contribution is -2.45. The van der Waals surface area contributed by atoms with Crippen LogP contribution in [-0.2, 0) is 20.0 Å². The molecular weight excluding hydrogens is 414 g/mol. The van der Waals surface area contributed by atoms with Crippen molar-refractivity contribution in [1.29, 1.82) is 0 Å². The Morgan fingerprint density at radius 2 is 2.07 bits per heavy atom. The molecule has 0 fully saturated rings. The molecule has 152 valence electrons. The fraction of sp³-hybridized carbons (Fsp3) is 0.263. The molecule has 2 heterocycles. The molecule has 2 aromatic rings. The summed E-state index contributed by atoms with van der Waals surface area (Å²) < 4.78 is 10.4. The minimum Gasteiger partial charge on any atom is -0.463 e. The van der Waals surface area contributed by atoms with Crippen LogP contribution in [-0.4, -0.2) is 42.7 Å². The number of carbonyl (C=O) groups excluding carboxylic acids is 3. The van der Waals surface area contributed by atoms with Crippen molar-refractivity contribution in [2.75, 3.05) is 19.8 Å². The smallest absolute Gasteiger partial charge is 0.339 e. The lowest BCUT2D eigenvalue weighted by Gasteiger charge is -2.21. The average Bonchev–Trinajstić information content (AvgIpc) is 3.24. The molecule has 2 N–H and O–H groups in total. The number of urea groups is 1. The van der Waals surface area contributed by atoms with Crippen molar-refractivity contribution in [3.63, 3.8) is 0 Å². The Hall–Kier alpha value is -2.85. The summed E-state index contributed by atoms with van der Waals surface area (Å²) in [5.74, 6) is -0.478. The van der Waals surface area contributed by atoms with Gasteiger partial charge in [0.15, 0.2) is 0 Å². The highest BCUT2D eigenvalue weighted by Crippen LogP contribution is 2.27. The molecule has 0 bridgehead atoms. The maximum Gasteiger partial charge on any atom is 0.339 e. The van der Waals surface area contributed by atoms with E-state index in [1.165, 1.54) is 23.1 Å². The van der Waals surface area contributed by atoms with Gasteiger partial charge in [0.2, 0.25) is 0 Å². The van der Waals surface area contributed by atoms with Crippen molar-refractivity contribution >= 4 is 41.1 Å². The van der Waals surface area contributed by atoms with Crippen molar-refractivity contribution in [2.45, 2.75) is 17.6 Å². The third kappa shape index (κ3) is 5.58. The molecule has 10 heteroatoms. The number of amides is 2. The fourth-order valence-electron chi connectivity index (χ4n) is 2.51. The number of ether oxygens (including phenoxy) is 2. The second-order valence-electron chi connectivity index (χ2n) is 5.83. The number of thioether (sulfide) groups is 1. The van der Waals surface area contributed by atoms with Gasteiger partial charge in [-0.15, -0.1) is 23.1 Å². The van der Waals surface area contributed by atoms with E-state index in [1.807, 2.05) is 17.5 Å². The maximum absolute atomic E-state index is 12.6. The molecular formula is C19H19N3O5S2. The number of carbonyl (C=O) groups is 3. The molecule has 2 amide bonds. The van der Waals surface area contributed by atoms with Gasteiger partial charge >= 0.3 is 18.0 Å². The number of benzene rings is 1. The first-order valence-electron chi connectivity index (χ1n) is 8.78. The van der Waals surface area contributed by atoms with Gasteiger partial charge in [0.05, 0.1) is 41.2 Å². The Bertz CT molecular complexity index is 928. The lowest BCUT2D eigenvalue weighted by atomic mass is 10.1. The Morgan fingerprint density at radius 3 is 2.83 bits per heavy atom. The van der Waals surface area contributed by atoms with Crippen LogP contribution in [0.3, 0.4) is 0 Å². The number of nitrogens with zero attached hydrogens (tertiary/aromatic N) is 1. The molecule has 0 unspecified atom stereocenters. The molecule has 1 aromatic heterocycles. The molecule has 0 atom stereocenters. The highest BCUT2D eigenvalue weighted by molar-refractivity contribution is 7.98. The van der Waals surface area contributed by atoms with Gasteiger partial charge in [-0.25, -0.2) is 19.4 Å². The van der Waals surface area contributed by atoms with Gasteiger partial charge in [0.25, 0.3) is 0 Å². The van der Waals surface area contributed by atoms with E-state index >= 15 is 0 Å². The van der Waals surface area contributed by atoms with Crippen LogP contribution >= 0.6 is 23.1 Å². The minimum atomic E-state index is -0.565. The topological polar surface area (TPSA) is 107 Å². The number of nitrogens with one attached hydrogen (secondary N) is 2. The molecule has 0 spiro atoms. The van der Waals surface area contributed by atoms with Crippen LogP contribution in [0, 0.1) is 0 Å². The van der Waals surface area contributed by atoms with Gasteiger partial charge in [-0.1, -0.05) is 12.1 Å². The molecule has 1 aliphatic rings. The molecule has 0 saturated heterocycles. The number of rotatable bonds is 8. The molecule has 8 nitrogen and oxygen atoms in total. The number of thiazole rings is 1. The van der Waals surface area contributed by atoms with Gasteiger partial charge in [-0.05, 0) is 19.1 Å². The molecule has 0 radical (unpaired) electrons. The van der Waals surface area contributed by atoms with Crippen molar-refractivity contribution in [2.24, 2.45) is 0 Å². The number of aromatic nitrogens is 1. The zero-order chi connectivity index (χ0) is 20.6. The maximum atomic E-state index is 12.6. The van der Waals surface area contributed by atoms with Crippen LogP contribution in [0.25, 0.3) is 0 Å². The quantitative estimate of drug-likeness (QED) is 0.487. The fourth-order valence-corrected chi connectivity index (χ4v) is 4.11. The second-order valence-corrected chi connectivity index (χ2v) is 7.56. The standard InChI is InChI=1S/C19H19N3O5S2/c1-2-26-18(24)14-7-20-19(25)22-15(14)8-27-17(23)13-5-3-4-6-16(13)29-10-12-9-28-11-21-12/h3-6,9,11H,2,7-8,10H2,1H3,(H2,20,22,25). The first-order chi connectivity index (χ1) is 14.1. The minimum absolute atomic E-state index is 0.0115. The van der Waals surface area contributed by atoms with Crippen molar-refractivity contribution in [1.82, 2.24) is 15.6 Å². The average molecular weight is 434 g/mol. The summed E-state index contributed by atoms with van der Waals surface area (Å²) in [5, 5.41) is 6.97. The van der Waals surface area contributed by atoms with Crippen molar-refractivity contribution in [3.8, 4) is 0 Å². The van der Waals surface area contributed by atoms with Crippen LogP contribution < -0.4 is 10.6 Å². The normalized spacial score (nSPS) is 13.5. The number of hydrogen-bond donors (Lipinski definition) is 2. The number of esters is 2. The van der Waals surface area contributed by atoms with E-state index in [0.29, 0.717) is 11.3 Å². The largest absolute Gasteiger partial charge is 0.463 e. The summed E-state index contributed by atoms with van der Waals surface area (Å²) >= 11 is 3.00. The molecule has 29 heavy (non-hydrogen) atoms. The van der Waals surface area contributed by atoms with Gasteiger partial charge in [-0.3, -0.25) is 0 Å². The first kappa shape index (κ1) is 20.9. The zero-order valence-electron chi connectivity index (χ0n) is 15.6. The summed E-state index contributed by atoms with van der Waals surface area (Å²) in [6.07, 6.45) is 0. The summed E-state index contributed by atoms with van der Waals surface area (Å²) in [6, 6.07) is 6.63. The lowest BCUT2D eigenvalue weighted by molar-refractivity contribution is -0.138. The molecule has 0 aliphatic carbocycles. The van der Waals surface area contributed by atoms with Gasteiger partial charge in [0, 0.05) is 16.0 Å². The van der Waals surface area contributed by atoms with Crippen molar-refractivity contribution in [3.05, 3.63) is 57.7 Å². The number of hydrogen-bond acceptors (Lipinski definition) is 8. The third-order valence-corrected chi connectivity index (χ3v) is 5.63. The molecule has 1 aliphatic heterocycles. The zero-order valence-corrected chi connectivity index (χ0v) is 17.2.